The summed E-state index contributed by atoms with van der Waals surface area (Å²) in [5.41, 5.74) is 2.35. The molecule has 0 aromatic heterocycles. The van der Waals surface area contributed by atoms with Crippen molar-refractivity contribution in [2.45, 2.75) is 19.8 Å². The Morgan fingerprint density at radius 2 is 1.94 bits per heavy atom. The fourth-order valence-electron chi connectivity index (χ4n) is 1.46. The van der Waals surface area contributed by atoms with Crippen LogP contribution in [-0.2, 0) is 17.6 Å². The Balaban J connectivity index is 2.41. The maximum absolute atomic E-state index is 11.5. The summed E-state index contributed by atoms with van der Waals surface area (Å²) in [6.45, 7) is 2.91. The van der Waals surface area contributed by atoms with Crippen LogP contribution in [0.2, 0.25) is 0 Å². The molecule has 16 heavy (non-hydrogen) atoms. The highest BCUT2D eigenvalue weighted by Crippen LogP contribution is 2.05. The molecule has 0 saturated carbocycles. The zero-order chi connectivity index (χ0) is 11.8. The number of aryl methyl sites for hydroxylation is 1. The largest absolute Gasteiger partial charge is 0.299 e. The molecule has 0 bridgehead atoms. The van der Waals surface area contributed by atoms with Crippen LogP contribution in [0.15, 0.2) is 24.3 Å². The Bertz CT molecular complexity index is 373. The molecule has 1 aromatic carbocycles. The van der Waals surface area contributed by atoms with Crippen LogP contribution in [0.1, 0.15) is 18.1 Å². The van der Waals surface area contributed by atoms with Gasteiger partial charge < -0.3 is 0 Å². The van der Waals surface area contributed by atoms with E-state index < -0.39 is 0 Å². The lowest BCUT2D eigenvalue weighted by Crippen LogP contribution is -2.24. The Kier molecular flexibility index (Phi) is 5.31. The van der Waals surface area contributed by atoms with Crippen LogP contribution in [-0.4, -0.2) is 18.9 Å². The van der Waals surface area contributed by atoms with E-state index in [0.717, 1.165) is 12.0 Å². The number of nitrogens with one attached hydrogen (secondary N) is 1. The maximum Gasteiger partial charge on any atom is 0.150 e. The summed E-state index contributed by atoms with van der Waals surface area (Å²) in [5, 5.41) is 2.89. The molecule has 0 spiro atoms. The van der Waals surface area contributed by atoms with Crippen molar-refractivity contribution in [3.05, 3.63) is 35.4 Å². The van der Waals surface area contributed by atoms with Crippen LogP contribution in [0.25, 0.3) is 0 Å². The van der Waals surface area contributed by atoms with E-state index in [1.165, 1.54) is 5.56 Å². The number of rotatable bonds is 6. The molecule has 1 N–H and O–H groups in total. The Morgan fingerprint density at radius 3 is 2.50 bits per heavy atom. The van der Waals surface area contributed by atoms with Gasteiger partial charge in [-0.2, -0.15) is 0 Å². The van der Waals surface area contributed by atoms with Gasteiger partial charge in [-0.25, -0.2) is 0 Å². The monoisotopic (exact) mass is 215 g/mol. The smallest absolute Gasteiger partial charge is 0.150 e. The SMILES string of the molecule is C#CCNCC(=O)Cc1ccc(CC)cc1. The second-order valence-electron chi connectivity index (χ2n) is 3.69. The van der Waals surface area contributed by atoms with Crippen molar-refractivity contribution in [1.82, 2.24) is 5.32 Å². The lowest BCUT2D eigenvalue weighted by atomic mass is 10.1. The lowest BCUT2D eigenvalue weighted by Gasteiger charge is -2.03. The molecule has 2 heteroatoms. The van der Waals surface area contributed by atoms with Gasteiger partial charge in [0.15, 0.2) is 5.78 Å². The van der Waals surface area contributed by atoms with Crippen LogP contribution < -0.4 is 5.32 Å². The number of hydrogen-bond acceptors (Lipinski definition) is 2. The standard InChI is InChI=1S/C14H17NO/c1-3-9-15-11-14(16)10-13-7-5-12(4-2)6-8-13/h1,5-8,15H,4,9-11H2,2H3. The number of hydrogen-bond donors (Lipinski definition) is 1. The summed E-state index contributed by atoms with van der Waals surface area (Å²) in [7, 11) is 0. The summed E-state index contributed by atoms with van der Waals surface area (Å²) < 4.78 is 0. The second-order valence-corrected chi connectivity index (χ2v) is 3.69. The van der Waals surface area contributed by atoms with E-state index in [-0.39, 0.29) is 5.78 Å². The first-order valence-electron chi connectivity index (χ1n) is 5.50. The number of ketones is 1. The van der Waals surface area contributed by atoms with Gasteiger partial charge in [0, 0.05) is 6.42 Å². The van der Waals surface area contributed by atoms with Gasteiger partial charge in [-0.1, -0.05) is 37.1 Å². The minimum Gasteiger partial charge on any atom is -0.299 e. The van der Waals surface area contributed by atoms with Crippen LogP contribution in [0.5, 0.6) is 0 Å². The predicted octanol–water partition coefficient (Wildman–Crippen LogP) is 1.58. The van der Waals surface area contributed by atoms with Crippen molar-refractivity contribution in [2.24, 2.45) is 0 Å². The highest BCUT2D eigenvalue weighted by molar-refractivity contribution is 5.82. The molecule has 0 saturated heterocycles. The van der Waals surface area contributed by atoms with E-state index >= 15 is 0 Å². The molecule has 0 aliphatic heterocycles. The minimum atomic E-state index is 0.166. The van der Waals surface area contributed by atoms with Gasteiger partial charge in [-0.05, 0) is 17.5 Å². The predicted molar refractivity (Wildman–Crippen MR) is 66.2 cm³/mol. The molecular formula is C14H17NO. The topological polar surface area (TPSA) is 29.1 Å². The third kappa shape index (κ3) is 4.29. The average Bonchev–Trinajstić information content (AvgIpc) is 2.30. The van der Waals surface area contributed by atoms with Crippen molar-refractivity contribution in [3.63, 3.8) is 0 Å². The van der Waals surface area contributed by atoms with E-state index in [0.29, 0.717) is 19.5 Å². The first-order valence-corrected chi connectivity index (χ1v) is 5.50. The second kappa shape index (κ2) is 6.81. The molecule has 0 heterocycles. The van der Waals surface area contributed by atoms with Gasteiger partial charge >= 0.3 is 0 Å². The van der Waals surface area contributed by atoms with Gasteiger partial charge in [-0.15, -0.1) is 6.42 Å². The lowest BCUT2D eigenvalue weighted by molar-refractivity contribution is -0.117. The van der Waals surface area contributed by atoms with E-state index in [1.54, 1.807) is 0 Å². The summed E-state index contributed by atoms with van der Waals surface area (Å²) >= 11 is 0. The van der Waals surface area contributed by atoms with E-state index in [4.69, 9.17) is 6.42 Å². The van der Waals surface area contributed by atoms with Crippen LogP contribution >= 0.6 is 0 Å². The zero-order valence-electron chi connectivity index (χ0n) is 9.62. The van der Waals surface area contributed by atoms with Gasteiger partial charge in [-0.3, -0.25) is 10.1 Å². The highest BCUT2D eigenvalue weighted by atomic mass is 16.1. The molecular weight excluding hydrogens is 198 g/mol. The van der Waals surface area contributed by atoms with Crippen molar-refractivity contribution in [2.75, 3.05) is 13.1 Å². The molecule has 0 radical (unpaired) electrons. The van der Waals surface area contributed by atoms with Crippen molar-refractivity contribution in [3.8, 4) is 12.3 Å². The summed E-state index contributed by atoms with van der Waals surface area (Å²) in [6.07, 6.45) is 6.57. The molecule has 2 nitrogen and oxygen atoms in total. The van der Waals surface area contributed by atoms with Crippen LogP contribution in [0, 0.1) is 12.3 Å². The zero-order valence-corrected chi connectivity index (χ0v) is 9.62. The maximum atomic E-state index is 11.5. The summed E-state index contributed by atoms with van der Waals surface area (Å²) in [4.78, 5) is 11.5. The van der Waals surface area contributed by atoms with Gasteiger partial charge in [0.1, 0.15) is 0 Å². The van der Waals surface area contributed by atoms with Gasteiger partial charge in [0.05, 0.1) is 13.1 Å². The summed E-state index contributed by atoms with van der Waals surface area (Å²) in [5.74, 6) is 2.60. The van der Waals surface area contributed by atoms with E-state index in [2.05, 4.69) is 30.3 Å². The molecule has 0 unspecified atom stereocenters. The van der Waals surface area contributed by atoms with Crippen molar-refractivity contribution >= 4 is 5.78 Å². The number of carbonyl (C=O) groups excluding carboxylic acids is 1. The molecule has 1 aromatic rings. The third-order valence-corrected chi connectivity index (χ3v) is 2.38. The van der Waals surface area contributed by atoms with Gasteiger partial charge in [0.2, 0.25) is 0 Å². The Labute approximate surface area is 97.1 Å². The van der Waals surface area contributed by atoms with Gasteiger partial charge in [0.25, 0.3) is 0 Å². The molecule has 0 amide bonds. The van der Waals surface area contributed by atoms with E-state index in [1.807, 2.05) is 12.1 Å². The number of carbonyl (C=O) groups is 1. The van der Waals surface area contributed by atoms with Crippen molar-refractivity contribution in [1.29, 1.82) is 0 Å². The fraction of sp³-hybridized carbons (Fsp3) is 0.357. The molecule has 0 atom stereocenters. The third-order valence-electron chi connectivity index (χ3n) is 2.38. The quantitative estimate of drug-likeness (QED) is 0.576. The van der Waals surface area contributed by atoms with Crippen LogP contribution in [0.4, 0.5) is 0 Å². The number of terminal acetylenes is 1. The summed E-state index contributed by atoms with van der Waals surface area (Å²) in [6, 6.07) is 8.16. The average molecular weight is 215 g/mol. The normalized spacial score (nSPS) is 9.75. The number of Topliss-reactive ketones (excluding diaryl/α,β-unsaturated/α-hetero) is 1. The Morgan fingerprint density at radius 1 is 1.31 bits per heavy atom. The number of benzene rings is 1. The first-order chi connectivity index (χ1) is 7.76. The van der Waals surface area contributed by atoms with Crippen LogP contribution in [0.3, 0.4) is 0 Å². The molecule has 0 fully saturated rings. The first kappa shape index (κ1) is 12.5. The fourth-order valence-corrected chi connectivity index (χ4v) is 1.46. The molecule has 0 aliphatic rings. The molecule has 0 aliphatic carbocycles. The van der Waals surface area contributed by atoms with Crippen molar-refractivity contribution < 1.29 is 4.79 Å². The van der Waals surface area contributed by atoms with E-state index in [9.17, 15) is 4.79 Å². The molecule has 1 rings (SSSR count). The molecule has 84 valence electrons. The Hall–Kier alpha value is -1.59. The highest BCUT2D eigenvalue weighted by Gasteiger charge is 2.02. The minimum absolute atomic E-state index is 0.166.